The number of benzene rings is 1. The molecule has 0 fully saturated rings. The summed E-state index contributed by atoms with van der Waals surface area (Å²) in [4.78, 5) is 3.20. The Labute approximate surface area is 120 Å². The number of hydrogen-bond acceptors (Lipinski definition) is 4. The van der Waals surface area contributed by atoms with Crippen LogP contribution in [0.3, 0.4) is 0 Å². The average molecular weight is 316 g/mol. The molecule has 1 aromatic heterocycles. The number of nitrogens with one attached hydrogen (secondary N) is 1. The van der Waals surface area contributed by atoms with E-state index >= 15 is 0 Å². The molecule has 0 saturated heterocycles. The number of nitrogens with zero attached hydrogens (tertiary/aromatic N) is 1. The Balaban J connectivity index is 2.49. The van der Waals surface area contributed by atoms with Crippen LogP contribution < -0.4 is 10.5 Å². The number of rotatable bonds is 3. The average Bonchev–Trinajstić information content (AvgIpc) is 2.33. The van der Waals surface area contributed by atoms with E-state index in [9.17, 15) is 12.8 Å². The van der Waals surface area contributed by atoms with Crippen LogP contribution in [0.25, 0.3) is 0 Å². The summed E-state index contributed by atoms with van der Waals surface area (Å²) in [6.07, 6.45) is 1.48. The summed E-state index contributed by atoms with van der Waals surface area (Å²) in [7, 11) is -4.19. The van der Waals surface area contributed by atoms with Gasteiger partial charge in [-0.2, -0.15) is 0 Å². The zero-order valence-corrected chi connectivity index (χ0v) is 12.0. The van der Waals surface area contributed by atoms with Gasteiger partial charge in [0.05, 0.1) is 11.4 Å². The maximum atomic E-state index is 13.7. The first-order valence-electron chi connectivity index (χ1n) is 5.50. The maximum absolute atomic E-state index is 13.7. The molecule has 0 saturated carbocycles. The second-order valence-corrected chi connectivity index (χ2v) is 6.09. The molecule has 0 unspecified atom stereocenters. The Kier molecular flexibility index (Phi) is 3.82. The van der Waals surface area contributed by atoms with Gasteiger partial charge in [0.15, 0.2) is 5.15 Å². The Morgan fingerprint density at radius 1 is 1.40 bits per heavy atom. The lowest BCUT2D eigenvalue weighted by Gasteiger charge is -2.12. The normalized spacial score (nSPS) is 11.3. The van der Waals surface area contributed by atoms with Crippen molar-refractivity contribution in [3.8, 4) is 0 Å². The van der Waals surface area contributed by atoms with Crippen LogP contribution in [-0.4, -0.2) is 13.4 Å². The standard InChI is InChI=1S/C12H11ClFN3O2S/c1-7-5-10(12(13)16-6-7)17-20(18,19)11-8(14)3-2-4-9(11)15/h2-6,17H,15H2,1H3. The van der Waals surface area contributed by atoms with Crippen molar-refractivity contribution in [2.45, 2.75) is 11.8 Å². The zero-order valence-electron chi connectivity index (χ0n) is 10.4. The summed E-state index contributed by atoms with van der Waals surface area (Å²) in [6, 6.07) is 5.13. The molecule has 0 spiro atoms. The van der Waals surface area contributed by atoms with Crippen LogP contribution in [0.15, 0.2) is 35.4 Å². The highest BCUT2D eigenvalue weighted by molar-refractivity contribution is 7.93. The van der Waals surface area contributed by atoms with Crippen LogP contribution in [0.4, 0.5) is 15.8 Å². The largest absolute Gasteiger partial charge is 0.398 e. The van der Waals surface area contributed by atoms with E-state index in [0.717, 1.165) is 6.07 Å². The molecule has 20 heavy (non-hydrogen) atoms. The number of aryl methyl sites for hydroxylation is 1. The number of hydrogen-bond donors (Lipinski definition) is 2. The first-order chi connectivity index (χ1) is 9.31. The van der Waals surface area contributed by atoms with Crippen LogP contribution in [-0.2, 0) is 10.0 Å². The van der Waals surface area contributed by atoms with Gasteiger partial charge < -0.3 is 5.73 Å². The number of halogens is 2. The van der Waals surface area contributed by atoms with Crippen LogP contribution in [0.2, 0.25) is 5.15 Å². The van der Waals surface area contributed by atoms with E-state index < -0.39 is 20.7 Å². The number of aromatic nitrogens is 1. The van der Waals surface area contributed by atoms with Crippen molar-refractivity contribution in [1.29, 1.82) is 0 Å². The molecule has 0 bridgehead atoms. The highest BCUT2D eigenvalue weighted by atomic mass is 35.5. The van der Waals surface area contributed by atoms with Crippen LogP contribution in [0.1, 0.15) is 5.56 Å². The van der Waals surface area contributed by atoms with E-state index in [4.69, 9.17) is 17.3 Å². The summed E-state index contributed by atoms with van der Waals surface area (Å²) in [6.45, 7) is 1.72. The minimum atomic E-state index is -4.19. The molecule has 0 aliphatic heterocycles. The van der Waals surface area contributed by atoms with Gasteiger partial charge in [-0.25, -0.2) is 17.8 Å². The molecular weight excluding hydrogens is 305 g/mol. The quantitative estimate of drug-likeness (QED) is 0.673. The summed E-state index contributed by atoms with van der Waals surface area (Å²) in [5, 5.41) is -0.0333. The zero-order chi connectivity index (χ0) is 14.9. The molecular formula is C12H11ClFN3O2S. The van der Waals surface area contributed by atoms with Crippen molar-refractivity contribution in [3.63, 3.8) is 0 Å². The lowest BCUT2D eigenvalue weighted by atomic mass is 10.3. The number of anilines is 2. The topological polar surface area (TPSA) is 85.1 Å². The predicted octanol–water partition coefficient (Wildman–Crippen LogP) is 2.57. The van der Waals surface area contributed by atoms with Crippen LogP contribution >= 0.6 is 11.6 Å². The van der Waals surface area contributed by atoms with E-state index in [1.165, 1.54) is 24.4 Å². The molecule has 5 nitrogen and oxygen atoms in total. The SMILES string of the molecule is Cc1cnc(Cl)c(NS(=O)(=O)c2c(N)cccc2F)c1. The van der Waals surface area contributed by atoms with Crippen molar-refractivity contribution in [2.75, 3.05) is 10.5 Å². The second kappa shape index (κ2) is 5.26. The highest BCUT2D eigenvalue weighted by Gasteiger charge is 2.23. The van der Waals surface area contributed by atoms with Gasteiger partial charge in [0.25, 0.3) is 10.0 Å². The third-order valence-electron chi connectivity index (χ3n) is 2.49. The van der Waals surface area contributed by atoms with Gasteiger partial charge in [-0.3, -0.25) is 4.72 Å². The molecule has 0 aliphatic rings. The van der Waals surface area contributed by atoms with Crippen molar-refractivity contribution in [1.82, 2.24) is 4.98 Å². The van der Waals surface area contributed by atoms with E-state index in [-0.39, 0.29) is 16.5 Å². The predicted molar refractivity (Wildman–Crippen MR) is 75.6 cm³/mol. The Morgan fingerprint density at radius 2 is 2.10 bits per heavy atom. The second-order valence-electron chi connectivity index (χ2n) is 4.11. The van der Waals surface area contributed by atoms with Crippen molar-refractivity contribution in [3.05, 3.63) is 47.0 Å². The minimum absolute atomic E-state index is 0.0333. The molecule has 8 heteroatoms. The summed E-state index contributed by atoms with van der Waals surface area (Å²) < 4.78 is 40.2. The smallest absolute Gasteiger partial charge is 0.266 e. The maximum Gasteiger partial charge on any atom is 0.266 e. The number of sulfonamides is 1. The first kappa shape index (κ1) is 14.5. The molecule has 0 atom stereocenters. The molecule has 106 valence electrons. The van der Waals surface area contributed by atoms with E-state index in [1.54, 1.807) is 6.92 Å². The van der Waals surface area contributed by atoms with Gasteiger partial charge in [-0.1, -0.05) is 17.7 Å². The number of nitrogen functional groups attached to an aromatic ring is 1. The molecule has 0 aliphatic carbocycles. The number of nitrogens with two attached hydrogens (primary N) is 1. The fraction of sp³-hybridized carbons (Fsp3) is 0.0833. The van der Waals surface area contributed by atoms with Crippen molar-refractivity contribution < 1.29 is 12.8 Å². The molecule has 2 aromatic rings. The van der Waals surface area contributed by atoms with Crippen molar-refractivity contribution >= 4 is 33.0 Å². The molecule has 0 amide bonds. The summed E-state index contributed by atoms with van der Waals surface area (Å²) in [5.41, 5.74) is 6.10. The van der Waals surface area contributed by atoms with Crippen LogP contribution in [0, 0.1) is 12.7 Å². The summed E-state index contributed by atoms with van der Waals surface area (Å²) in [5.74, 6) is -0.936. The Hall–Kier alpha value is -1.86. The van der Waals surface area contributed by atoms with Gasteiger partial charge in [0.2, 0.25) is 0 Å². The molecule has 2 rings (SSSR count). The van der Waals surface area contributed by atoms with Gasteiger partial charge in [0, 0.05) is 6.20 Å². The number of pyridine rings is 1. The van der Waals surface area contributed by atoms with Gasteiger partial charge in [-0.15, -0.1) is 0 Å². The lowest BCUT2D eigenvalue weighted by molar-refractivity contribution is 0.572. The lowest BCUT2D eigenvalue weighted by Crippen LogP contribution is -2.17. The van der Waals surface area contributed by atoms with E-state index in [2.05, 4.69) is 9.71 Å². The van der Waals surface area contributed by atoms with Gasteiger partial charge in [0.1, 0.15) is 10.7 Å². The molecule has 0 radical (unpaired) electrons. The van der Waals surface area contributed by atoms with E-state index in [1.807, 2.05) is 0 Å². The minimum Gasteiger partial charge on any atom is -0.398 e. The van der Waals surface area contributed by atoms with Gasteiger partial charge >= 0.3 is 0 Å². The third-order valence-corrected chi connectivity index (χ3v) is 4.24. The molecule has 1 aromatic carbocycles. The molecule has 3 N–H and O–H groups in total. The van der Waals surface area contributed by atoms with Gasteiger partial charge in [-0.05, 0) is 30.7 Å². The Morgan fingerprint density at radius 3 is 2.75 bits per heavy atom. The van der Waals surface area contributed by atoms with Crippen LogP contribution in [0.5, 0.6) is 0 Å². The fourth-order valence-electron chi connectivity index (χ4n) is 1.63. The molecule has 1 heterocycles. The summed E-state index contributed by atoms with van der Waals surface area (Å²) >= 11 is 5.81. The fourth-order valence-corrected chi connectivity index (χ4v) is 3.09. The van der Waals surface area contributed by atoms with E-state index in [0.29, 0.717) is 5.56 Å². The van der Waals surface area contributed by atoms with Crippen molar-refractivity contribution in [2.24, 2.45) is 0 Å². The third kappa shape index (κ3) is 2.83. The Bertz CT molecular complexity index is 745. The highest BCUT2D eigenvalue weighted by Crippen LogP contribution is 2.27. The monoisotopic (exact) mass is 315 g/mol. The first-order valence-corrected chi connectivity index (χ1v) is 7.36.